The summed E-state index contributed by atoms with van der Waals surface area (Å²) in [5.74, 6) is -0.326. The fraction of sp³-hybridized carbons (Fsp3) is 0.364. The number of amides is 2. The Kier molecular flexibility index (Phi) is 6.57. The van der Waals surface area contributed by atoms with Crippen molar-refractivity contribution in [1.29, 1.82) is 0 Å². The van der Waals surface area contributed by atoms with Gasteiger partial charge in [0, 0.05) is 18.0 Å². The maximum Gasteiger partial charge on any atom is 0.243 e. The Hall–Kier alpha value is -2.11. The molecule has 1 aliphatic heterocycles. The molecule has 0 fully saturated rings. The number of hydrogen-bond acceptors (Lipinski definition) is 3. The lowest BCUT2D eigenvalue weighted by Gasteiger charge is -2.38. The van der Waals surface area contributed by atoms with Gasteiger partial charge in [0.1, 0.15) is 11.9 Å². The minimum absolute atomic E-state index is 0.00374. The number of nitrogens with zero attached hydrogens (tertiary/aromatic N) is 2. The van der Waals surface area contributed by atoms with Crippen LogP contribution in [0.1, 0.15) is 34.5 Å². The van der Waals surface area contributed by atoms with Crippen LogP contribution in [0.2, 0.25) is 0 Å². The molecule has 0 saturated carbocycles. The SMILES string of the molecule is C=CCN(CC(=O)N1CCc2sccc2[C@@H]1c1ccccc1C)C(=O)[C@H](C)Cl. The highest BCUT2D eigenvalue weighted by Crippen LogP contribution is 2.38. The van der Waals surface area contributed by atoms with E-state index in [1.165, 1.54) is 15.3 Å². The smallest absolute Gasteiger partial charge is 0.243 e. The van der Waals surface area contributed by atoms with Crippen molar-refractivity contribution in [2.45, 2.75) is 31.7 Å². The summed E-state index contributed by atoms with van der Waals surface area (Å²) in [6.07, 6.45) is 2.46. The first-order valence-electron chi connectivity index (χ1n) is 9.39. The van der Waals surface area contributed by atoms with Gasteiger partial charge in [-0.05, 0) is 48.4 Å². The van der Waals surface area contributed by atoms with Gasteiger partial charge in [0.2, 0.25) is 11.8 Å². The Morgan fingerprint density at radius 2 is 2.11 bits per heavy atom. The van der Waals surface area contributed by atoms with Gasteiger partial charge in [0.25, 0.3) is 0 Å². The van der Waals surface area contributed by atoms with Crippen molar-refractivity contribution in [2.75, 3.05) is 19.6 Å². The zero-order chi connectivity index (χ0) is 20.3. The van der Waals surface area contributed by atoms with E-state index >= 15 is 0 Å². The van der Waals surface area contributed by atoms with Crippen LogP contribution in [0, 0.1) is 6.92 Å². The Balaban J connectivity index is 1.93. The molecule has 0 bridgehead atoms. The van der Waals surface area contributed by atoms with Gasteiger partial charge in [-0.1, -0.05) is 30.3 Å². The Bertz CT molecular complexity index is 877. The predicted molar refractivity (Wildman–Crippen MR) is 115 cm³/mol. The number of thiophene rings is 1. The van der Waals surface area contributed by atoms with E-state index in [1.54, 1.807) is 24.3 Å². The molecule has 0 aliphatic carbocycles. The van der Waals surface area contributed by atoms with Crippen molar-refractivity contribution >= 4 is 34.8 Å². The van der Waals surface area contributed by atoms with Gasteiger partial charge in [-0.2, -0.15) is 0 Å². The van der Waals surface area contributed by atoms with Crippen LogP contribution in [0.15, 0.2) is 48.4 Å². The molecule has 4 nitrogen and oxygen atoms in total. The quantitative estimate of drug-likeness (QED) is 0.523. The second-order valence-electron chi connectivity index (χ2n) is 7.02. The van der Waals surface area contributed by atoms with E-state index in [1.807, 2.05) is 17.0 Å². The minimum Gasteiger partial charge on any atom is -0.330 e. The molecule has 2 aromatic rings. The highest BCUT2D eigenvalue weighted by molar-refractivity contribution is 7.10. The van der Waals surface area contributed by atoms with Gasteiger partial charge < -0.3 is 9.80 Å². The summed E-state index contributed by atoms with van der Waals surface area (Å²) in [7, 11) is 0. The van der Waals surface area contributed by atoms with Gasteiger partial charge in [-0.3, -0.25) is 9.59 Å². The molecule has 28 heavy (non-hydrogen) atoms. The summed E-state index contributed by atoms with van der Waals surface area (Å²) in [5, 5.41) is 1.41. The Morgan fingerprint density at radius 1 is 1.36 bits per heavy atom. The third-order valence-electron chi connectivity index (χ3n) is 5.10. The lowest BCUT2D eigenvalue weighted by atomic mass is 9.90. The van der Waals surface area contributed by atoms with Crippen LogP contribution in [0.4, 0.5) is 0 Å². The molecule has 0 saturated heterocycles. The molecule has 1 aliphatic rings. The first-order chi connectivity index (χ1) is 13.4. The van der Waals surface area contributed by atoms with Crippen LogP contribution in [-0.2, 0) is 16.0 Å². The van der Waals surface area contributed by atoms with Crippen LogP contribution >= 0.6 is 22.9 Å². The second kappa shape index (κ2) is 8.93. The highest BCUT2D eigenvalue weighted by atomic mass is 35.5. The molecule has 3 rings (SSSR count). The van der Waals surface area contributed by atoms with Gasteiger partial charge in [0.15, 0.2) is 0 Å². The topological polar surface area (TPSA) is 40.6 Å². The first-order valence-corrected chi connectivity index (χ1v) is 10.7. The second-order valence-corrected chi connectivity index (χ2v) is 8.67. The van der Waals surface area contributed by atoms with Crippen molar-refractivity contribution in [2.24, 2.45) is 0 Å². The summed E-state index contributed by atoms with van der Waals surface area (Å²) >= 11 is 7.72. The number of fused-ring (bicyclic) bond motifs is 1. The fourth-order valence-corrected chi connectivity index (χ4v) is 4.75. The lowest BCUT2D eigenvalue weighted by molar-refractivity contribution is -0.141. The zero-order valence-electron chi connectivity index (χ0n) is 16.2. The van der Waals surface area contributed by atoms with Crippen LogP contribution in [0.5, 0.6) is 0 Å². The molecular weight excluding hydrogens is 392 g/mol. The number of carbonyl (C=O) groups is 2. The average molecular weight is 417 g/mol. The van der Waals surface area contributed by atoms with E-state index in [0.717, 1.165) is 17.5 Å². The molecule has 0 radical (unpaired) electrons. The number of alkyl halides is 1. The van der Waals surface area contributed by atoms with Gasteiger partial charge in [-0.25, -0.2) is 0 Å². The molecule has 0 N–H and O–H groups in total. The summed E-state index contributed by atoms with van der Waals surface area (Å²) in [4.78, 5) is 30.4. The number of halogens is 1. The van der Waals surface area contributed by atoms with Gasteiger partial charge >= 0.3 is 0 Å². The van der Waals surface area contributed by atoms with E-state index in [-0.39, 0.29) is 24.4 Å². The van der Waals surface area contributed by atoms with Gasteiger partial charge in [-0.15, -0.1) is 29.5 Å². The van der Waals surface area contributed by atoms with Gasteiger partial charge in [0.05, 0.1) is 6.04 Å². The molecule has 2 amide bonds. The molecule has 0 unspecified atom stereocenters. The standard InChI is InChI=1S/C22H25ClN2O2S/c1-4-11-24(22(27)16(3)23)14-20(26)25-12-9-19-18(10-13-28-19)21(25)17-8-6-5-7-15(17)2/h4-8,10,13,16,21H,1,9,11-12,14H2,2-3H3/t16-,21-/m0/s1. The molecule has 148 valence electrons. The fourth-order valence-electron chi connectivity index (χ4n) is 3.71. The molecule has 1 aromatic carbocycles. The third-order valence-corrected chi connectivity index (χ3v) is 6.28. The Morgan fingerprint density at radius 3 is 2.79 bits per heavy atom. The van der Waals surface area contributed by atoms with Crippen molar-refractivity contribution in [3.8, 4) is 0 Å². The number of rotatable bonds is 6. The zero-order valence-corrected chi connectivity index (χ0v) is 17.8. The van der Waals surface area contributed by atoms with E-state index in [2.05, 4.69) is 37.1 Å². The summed E-state index contributed by atoms with van der Waals surface area (Å²) in [6.45, 7) is 8.33. The van der Waals surface area contributed by atoms with Crippen LogP contribution in [0.25, 0.3) is 0 Å². The molecule has 0 spiro atoms. The molecule has 6 heteroatoms. The number of aryl methyl sites for hydroxylation is 1. The van der Waals surface area contributed by atoms with Crippen LogP contribution in [-0.4, -0.2) is 46.6 Å². The third kappa shape index (κ3) is 4.15. The monoisotopic (exact) mass is 416 g/mol. The average Bonchev–Trinajstić information content (AvgIpc) is 3.15. The summed E-state index contributed by atoms with van der Waals surface area (Å²) in [6, 6.07) is 10.2. The maximum atomic E-state index is 13.3. The van der Waals surface area contributed by atoms with Crippen molar-refractivity contribution in [3.63, 3.8) is 0 Å². The minimum atomic E-state index is -0.676. The normalized spacial score (nSPS) is 17.0. The maximum absolute atomic E-state index is 13.3. The number of hydrogen-bond donors (Lipinski definition) is 0. The Labute approximate surface area is 175 Å². The predicted octanol–water partition coefficient (Wildman–Crippen LogP) is 4.17. The van der Waals surface area contributed by atoms with E-state index in [9.17, 15) is 9.59 Å². The highest BCUT2D eigenvalue weighted by Gasteiger charge is 2.34. The van der Waals surface area contributed by atoms with Crippen molar-refractivity contribution < 1.29 is 9.59 Å². The number of benzene rings is 1. The van der Waals surface area contributed by atoms with Crippen LogP contribution < -0.4 is 0 Å². The van der Waals surface area contributed by atoms with Crippen molar-refractivity contribution in [3.05, 3.63) is 69.9 Å². The molecular formula is C22H25ClN2O2S. The van der Waals surface area contributed by atoms with E-state index < -0.39 is 5.38 Å². The molecule has 2 atom stereocenters. The molecule has 1 aromatic heterocycles. The van der Waals surface area contributed by atoms with E-state index in [0.29, 0.717) is 13.1 Å². The summed E-state index contributed by atoms with van der Waals surface area (Å²) < 4.78 is 0. The largest absolute Gasteiger partial charge is 0.330 e. The van der Waals surface area contributed by atoms with E-state index in [4.69, 9.17) is 11.6 Å². The lowest BCUT2D eigenvalue weighted by Crippen LogP contribution is -2.48. The first kappa shape index (κ1) is 20.6. The van der Waals surface area contributed by atoms with Crippen molar-refractivity contribution in [1.82, 2.24) is 9.80 Å². The summed E-state index contributed by atoms with van der Waals surface area (Å²) in [5.41, 5.74) is 3.46. The number of carbonyl (C=O) groups excluding carboxylic acids is 2. The van der Waals surface area contributed by atoms with Crippen LogP contribution in [0.3, 0.4) is 0 Å². The molecule has 2 heterocycles.